The fraction of sp³-hybridized carbons (Fsp3) is 0.250. The van der Waals surface area contributed by atoms with Crippen LogP contribution in [0.15, 0.2) is 42.5 Å². The molecule has 1 aromatic heterocycles. The summed E-state index contributed by atoms with van der Waals surface area (Å²) in [5.74, 6) is 0.407. The van der Waals surface area contributed by atoms with Crippen molar-refractivity contribution in [2.75, 3.05) is 45.2 Å². The highest BCUT2D eigenvalue weighted by molar-refractivity contribution is 6.27. The smallest absolute Gasteiger partial charge is 0.238 e. The van der Waals surface area contributed by atoms with Gasteiger partial charge in [0.1, 0.15) is 11.4 Å². The van der Waals surface area contributed by atoms with Crippen LogP contribution >= 0.6 is 0 Å². The predicted molar refractivity (Wildman–Crippen MR) is 128 cm³/mol. The van der Waals surface area contributed by atoms with Crippen molar-refractivity contribution in [2.45, 2.75) is 0 Å². The first-order chi connectivity index (χ1) is 16.5. The largest absolute Gasteiger partial charge is 0.497 e. The Balaban J connectivity index is 1.34. The van der Waals surface area contributed by atoms with Gasteiger partial charge in [0.25, 0.3) is 0 Å². The molecule has 1 aliphatic heterocycles. The number of aromatic amines is 1. The van der Waals surface area contributed by atoms with Crippen LogP contribution in [0.4, 0.5) is 5.69 Å². The van der Waals surface area contributed by atoms with Crippen molar-refractivity contribution in [1.82, 2.24) is 20.0 Å². The van der Waals surface area contributed by atoms with E-state index in [1.807, 2.05) is 41.3 Å². The van der Waals surface area contributed by atoms with Crippen LogP contribution in [0.2, 0.25) is 0 Å². The van der Waals surface area contributed by atoms with Crippen molar-refractivity contribution in [3.8, 4) is 28.3 Å². The number of anilines is 1. The number of nitrogens with one attached hydrogen (secondary N) is 3. The van der Waals surface area contributed by atoms with Gasteiger partial charge in [-0.05, 0) is 30.3 Å². The number of ketones is 1. The Hall–Kier alpha value is -4.18. The van der Waals surface area contributed by atoms with Gasteiger partial charge in [0.2, 0.25) is 5.91 Å². The molecule has 0 atom stereocenters. The van der Waals surface area contributed by atoms with Crippen LogP contribution < -0.4 is 15.8 Å². The molecule has 2 heterocycles. The number of benzene rings is 2. The van der Waals surface area contributed by atoms with E-state index in [9.17, 15) is 9.59 Å². The number of methoxy groups -OCH3 is 1. The van der Waals surface area contributed by atoms with Gasteiger partial charge in [0.15, 0.2) is 11.7 Å². The number of aromatic nitrogens is 2. The lowest BCUT2D eigenvalue weighted by atomic mass is 10.0. The maximum Gasteiger partial charge on any atom is 0.238 e. The third-order valence-corrected chi connectivity index (χ3v) is 6.27. The molecular formula is C24H25N7O3. The van der Waals surface area contributed by atoms with Gasteiger partial charge in [-0.2, -0.15) is 5.10 Å². The Labute approximate surface area is 196 Å². The Kier molecular flexibility index (Phi) is 5.50. The van der Waals surface area contributed by atoms with Crippen molar-refractivity contribution in [3.63, 3.8) is 0 Å². The van der Waals surface area contributed by atoms with Crippen molar-refractivity contribution in [2.24, 2.45) is 5.73 Å². The molecule has 1 aliphatic carbocycles. The highest BCUT2D eigenvalue weighted by Gasteiger charge is 2.35. The fourth-order valence-corrected chi connectivity index (χ4v) is 4.49. The molecule has 10 heteroatoms. The van der Waals surface area contributed by atoms with E-state index in [2.05, 4.69) is 15.5 Å². The molecule has 5 N–H and O–H groups in total. The number of ether oxygens (including phenoxy) is 1. The maximum absolute atomic E-state index is 13.5. The highest BCUT2D eigenvalue weighted by atomic mass is 16.5. The van der Waals surface area contributed by atoms with Crippen molar-refractivity contribution in [3.05, 3.63) is 53.6 Å². The molecule has 2 aliphatic rings. The number of H-pyrrole nitrogens is 1. The number of nitrogens with two attached hydrogens (primary N) is 1. The van der Waals surface area contributed by atoms with E-state index >= 15 is 0 Å². The van der Waals surface area contributed by atoms with Crippen LogP contribution in [0.25, 0.3) is 22.5 Å². The molecule has 10 nitrogen and oxygen atoms in total. The van der Waals surface area contributed by atoms with E-state index in [1.54, 1.807) is 18.1 Å². The third-order valence-electron chi connectivity index (χ3n) is 6.27. The van der Waals surface area contributed by atoms with Gasteiger partial charge in [-0.1, -0.05) is 12.1 Å². The van der Waals surface area contributed by atoms with Gasteiger partial charge in [-0.15, -0.1) is 0 Å². The van der Waals surface area contributed by atoms with Gasteiger partial charge in [0.05, 0.1) is 36.2 Å². The van der Waals surface area contributed by atoms with Gasteiger partial charge in [-0.3, -0.25) is 25.0 Å². The number of carbonyl (C=O) groups excluding carboxylic acids is 2. The van der Waals surface area contributed by atoms with Crippen molar-refractivity contribution >= 4 is 23.3 Å². The minimum absolute atomic E-state index is 0.0502. The number of nitrogens with zero attached hydrogens (tertiary/aromatic N) is 3. The van der Waals surface area contributed by atoms with Gasteiger partial charge < -0.3 is 20.7 Å². The van der Waals surface area contributed by atoms with Gasteiger partial charge in [0, 0.05) is 37.3 Å². The van der Waals surface area contributed by atoms with E-state index in [1.165, 1.54) is 0 Å². The number of fused-ring (bicyclic) bond motifs is 3. The first-order valence-electron chi connectivity index (χ1n) is 11.0. The summed E-state index contributed by atoms with van der Waals surface area (Å²) in [5, 5.41) is 17.8. The van der Waals surface area contributed by atoms with Crippen LogP contribution in [-0.2, 0) is 4.79 Å². The van der Waals surface area contributed by atoms with Crippen LogP contribution in [0.1, 0.15) is 15.9 Å². The van der Waals surface area contributed by atoms with E-state index in [-0.39, 0.29) is 24.2 Å². The molecule has 1 amide bonds. The Morgan fingerprint density at radius 1 is 1.15 bits per heavy atom. The van der Waals surface area contributed by atoms with E-state index < -0.39 is 0 Å². The zero-order valence-corrected chi connectivity index (χ0v) is 18.7. The first-order valence-corrected chi connectivity index (χ1v) is 11.0. The number of hydrogen-bond donors (Lipinski definition) is 4. The standard InChI is InChI=1S/C24H25N7O3/c1-34-15-7-5-14(6-8-15)21-20-22(29-28-21)16-3-2-4-17(19(16)23(20)33)27-18(32)13-30-9-11-31(12-10-30)24(25)26/h2-8H,9-13H2,1H3,(H3,25,26)(H,27,32)(H,28,29). The minimum Gasteiger partial charge on any atom is -0.497 e. The lowest BCUT2D eigenvalue weighted by Gasteiger charge is -2.34. The Bertz CT molecular complexity index is 1270. The van der Waals surface area contributed by atoms with E-state index in [4.69, 9.17) is 15.9 Å². The Morgan fingerprint density at radius 2 is 1.88 bits per heavy atom. The van der Waals surface area contributed by atoms with Gasteiger partial charge >= 0.3 is 0 Å². The number of rotatable bonds is 5. The highest BCUT2D eigenvalue weighted by Crippen LogP contribution is 2.43. The quantitative estimate of drug-likeness (QED) is 0.263. The molecule has 0 radical (unpaired) electrons. The van der Waals surface area contributed by atoms with Crippen molar-refractivity contribution in [1.29, 1.82) is 5.41 Å². The average Bonchev–Trinajstić information content (AvgIpc) is 3.40. The van der Waals surface area contributed by atoms with Crippen LogP contribution in [0, 0.1) is 5.41 Å². The summed E-state index contributed by atoms with van der Waals surface area (Å²) < 4.78 is 5.22. The lowest BCUT2D eigenvalue weighted by Crippen LogP contribution is -2.52. The summed E-state index contributed by atoms with van der Waals surface area (Å²) in [4.78, 5) is 30.0. The molecule has 5 rings (SSSR count). The van der Waals surface area contributed by atoms with E-state index in [0.717, 1.165) is 16.9 Å². The molecule has 174 valence electrons. The molecule has 0 spiro atoms. The molecule has 0 unspecified atom stereocenters. The topological polar surface area (TPSA) is 140 Å². The van der Waals surface area contributed by atoms with Gasteiger partial charge in [-0.25, -0.2) is 0 Å². The number of carbonyl (C=O) groups is 2. The molecule has 3 aromatic rings. The molecule has 0 bridgehead atoms. The minimum atomic E-state index is -0.193. The summed E-state index contributed by atoms with van der Waals surface area (Å²) in [6, 6.07) is 12.8. The normalized spacial score (nSPS) is 15.1. The van der Waals surface area contributed by atoms with Crippen LogP contribution in [-0.4, -0.2) is 77.5 Å². The summed E-state index contributed by atoms with van der Waals surface area (Å²) in [6.07, 6.45) is 0. The first kappa shape index (κ1) is 21.7. The average molecular weight is 460 g/mol. The molecule has 1 saturated heterocycles. The summed E-state index contributed by atoms with van der Waals surface area (Å²) in [7, 11) is 1.60. The maximum atomic E-state index is 13.5. The second-order valence-corrected chi connectivity index (χ2v) is 8.30. The fourth-order valence-electron chi connectivity index (χ4n) is 4.49. The lowest BCUT2D eigenvalue weighted by molar-refractivity contribution is -0.117. The van der Waals surface area contributed by atoms with Crippen LogP contribution in [0.3, 0.4) is 0 Å². The Morgan fingerprint density at radius 3 is 2.56 bits per heavy atom. The summed E-state index contributed by atoms with van der Waals surface area (Å²) >= 11 is 0. The number of guanidine groups is 1. The monoisotopic (exact) mass is 459 g/mol. The predicted octanol–water partition coefficient (Wildman–Crippen LogP) is 1.75. The summed E-state index contributed by atoms with van der Waals surface area (Å²) in [5.41, 5.74) is 9.74. The summed E-state index contributed by atoms with van der Waals surface area (Å²) in [6.45, 7) is 2.70. The molecule has 34 heavy (non-hydrogen) atoms. The zero-order chi connectivity index (χ0) is 23.8. The molecule has 0 saturated carbocycles. The molecular weight excluding hydrogens is 434 g/mol. The van der Waals surface area contributed by atoms with Crippen molar-refractivity contribution < 1.29 is 14.3 Å². The second-order valence-electron chi connectivity index (χ2n) is 8.30. The molecule has 2 aromatic carbocycles. The third kappa shape index (κ3) is 3.77. The van der Waals surface area contributed by atoms with E-state index in [0.29, 0.717) is 54.4 Å². The number of piperazine rings is 1. The molecule has 1 fully saturated rings. The zero-order valence-electron chi connectivity index (χ0n) is 18.7. The SMILES string of the molecule is COc1ccc(-c2n[nH]c3c2C(=O)c2c(NC(=O)CN4CCN(C(=N)N)CC4)cccc2-3)cc1. The second kappa shape index (κ2) is 8.64. The number of hydrogen-bond acceptors (Lipinski definition) is 6. The number of amides is 1. The van der Waals surface area contributed by atoms with Crippen LogP contribution in [0.5, 0.6) is 5.75 Å².